The zero-order valence-electron chi connectivity index (χ0n) is 12.5. The standard InChI is InChI=1S/C16H23NO3S/c1-16(18)9-4-10-17(12-16)21(19,20)15-8-7-13-5-2-3-6-14(13)11-15/h7-8,11,18H,2-6,9-10,12H2,1H3. The summed E-state index contributed by atoms with van der Waals surface area (Å²) < 4.78 is 27.0. The van der Waals surface area contributed by atoms with E-state index in [1.807, 2.05) is 12.1 Å². The third-order valence-corrected chi connectivity index (χ3v) is 6.44. The van der Waals surface area contributed by atoms with Gasteiger partial charge in [-0.15, -0.1) is 0 Å². The minimum absolute atomic E-state index is 0.187. The van der Waals surface area contributed by atoms with E-state index in [1.165, 1.54) is 21.9 Å². The minimum atomic E-state index is -3.49. The highest BCUT2D eigenvalue weighted by Crippen LogP contribution is 2.29. The number of sulfonamides is 1. The van der Waals surface area contributed by atoms with Gasteiger partial charge in [-0.2, -0.15) is 4.31 Å². The molecule has 1 atom stereocenters. The summed E-state index contributed by atoms with van der Waals surface area (Å²) >= 11 is 0. The van der Waals surface area contributed by atoms with Crippen LogP contribution in [0.25, 0.3) is 0 Å². The molecule has 1 fully saturated rings. The van der Waals surface area contributed by atoms with Gasteiger partial charge in [-0.05, 0) is 68.7 Å². The van der Waals surface area contributed by atoms with E-state index >= 15 is 0 Å². The summed E-state index contributed by atoms with van der Waals surface area (Å²) in [5.74, 6) is 0. The van der Waals surface area contributed by atoms with Crippen molar-refractivity contribution in [2.75, 3.05) is 13.1 Å². The lowest BCUT2D eigenvalue weighted by Crippen LogP contribution is -2.48. The van der Waals surface area contributed by atoms with Crippen molar-refractivity contribution in [2.24, 2.45) is 0 Å². The molecule has 0 spiro atoms. The molecular formula is C16H23NO3S. The second kappa shape index (κ2) is 5.38. The maximum Gasteiger partial charge on any atom is 0.243 e. The molecule has 4 nitrogen and oxygen atoms in total. The van der Waals surface area contributed by atoms with Gasteiger partial charge in [-0.3, -0.25) is 0 Å². The molecule has 0 aromatic heterocycles. The van der Waals surface area contributed by atoms with E-state index in [0.29, 0.717) is 24.3 Å². The van der Waals surface area contributed by atoms with Crippen LogP contribution in [-0.2, 0) is 22.9 Å². The number of aryl methyl sites for hydroxylation is 2. The van der Waals surface area contributed by atoms with Crippen LogP contribution >= 0.6 is 0 Å². The highest BCUT2D eigenvalue weighted by Gasteiger charge is 2.35. The van der Waals surface area contributed by atoms with Crippen molar-refractivity contribution in [1.29, 1.82) is 0 Å². The first-order valence-electron chi connectivity index (χ1n) is 7.73. The monoisotopic (exact) mass is 309 g/mol. The molecule has 0 amide bonds. The normalized spacial score (nSPS) is 27.3. The third-order valence-electron chi connectivity index (χ3n) is 4.60. The number of rotatable bonds is 2. The first-order valence-corrected chi connectivity index (χ1v) is 9.17. The molecule has 3 rings (SSSR count). The molecule has 0 bridgehead atoms. The lowest BCUT2D eigenvalue weighted by Gasteiger charge is -2.36. The number of fused-ring (bicyclic) bond motifs is 1. The van der Waals surface area contributed by atoms with Gasteiger partial charge in [0.2, 0.25) is 10.0 Å². The molecule has 0 radical (unpaired) electrons. The van der Waals surface area contributed by atoms with E-state index in [9.17, 15) is 13.5 Å². The molecule has 1 N–H and O–H groups in total. The van der Waals surface area contributed by atoms with E-state index in [-0.39, 0.29) is 6.54 Å². The average molecular weight is 309 g/mol. The van der Waals surface area contributed by atoms with Crippen molar-refractivity contribution in [2.45, 2.75) is 55.9 Å². The molecule has 1 heterocycles. The first-order chi connectivity index (χ1) is 9.88. The van der Waals surface area contributed by atoms with Gasteiger partial charge in [0.05, 0.1) is 10.5 Å². The summed E-state index contributed by atoms with van der Waals surface area (Å²) in [5.41, 5.74) is 1.54. The van der Waals surface area contributed by atoms with Crippen molar-refractivity contribution in [3.63, 3.8) is 0 Å². The van der Waals surface area contributed by atoms with Crippen molar-refractivity contribution >= 4 is 10.0 Å². The summed E-state index contributed by atoms with van der Waals surface area (Å²) in [4.78, 5) is 0.376. The molecule has 1 saturated heterocycles. The Morgan fingerprint density at radius 1 is 1.14 bits per heavy atom. The van der Waals surface area contributed by atoms with E-state index < -0.39 is 15.6 Å². The van der Waals surface area contributed by atoms with Crippen molar-refractivity contribution < 1.29 is 13.5 Å². The lowest BCUT2D eigenvalue weighted by molar-refractivity contribution is 0.00940. The predicted molar refractivity (Wildman–Crippen MR) is 81.7 cm³/mol. The van der Waals surface area contributed by atoms with Gasteiger partial charge in [0.1, 0.15) is 0 Å². The number of nitrogens with zero attached hydrogens (tertiary/aromatic N) is 1. The third kappa shape index (κ3) is 3.00. The summed E-state index contributed by atoms with van der Waals surface area (Å²) in [6.45, 7) is 2.39. The van der Waals surface area contributed by atoms with Gasteiger partial charge in [0.25, 0.3) is 0 Å². The van der Waals surface area contributed by atoms with Crippen LogP contribution in [0, 0.1) is 0 Å². The number of piperidine rings is 1. The van der Waals surface area contributed by atoms with Gasteiger partial charge < -0.3 is 5.11 Å². The highest BCUT2D eigenvalue weighted by molar-refractivity contribution is 7.89. The van der Waals surface area contributed by atoms with Crippen molar-refractivity contribution in [1.82, 2.24) is 4.31 Å². The largest absolute Gasteiger partial charge is 0.389 e. The average Bonchev–Trinajstić information content (AvgIpc) is 2.45. The molecule has 21 heavy (non-hydrogen) atoms. The number of β-amino-alcohol motifs (C(OH)–C–C–N with tert-alkyl or cyclic N) is 1. The second-order valence-electron chi connectivity index (χ2n) is 6.58. The Hall–Kier alpha value is -0.910. The fraction of sp³-hybridized carbons (Fsp3) is 0.625. The zero-order valence-corrected chi connectivity index (χ0v) is 13.3. The SMILES string of the molecule is CC1(O)CCCN(S(=O)(=O)c2ccc3c(c2)CCCC3)C1. The van der Waals surface area contributed by atoms with Crippen molar-refractivity contribution in [3.8, 4) is 0 Å². The lowest BCUT2D eigenvalue weighted by atomic mass is 9.92. The molecule has 1 aromatic rings. The minimum Gasteiger partial charge on any atom is -0.389 e. The highest BCUT2D eigenvalue weighted by atomic mass is 32.2. The van der Waals surface area contributed by atoms with Gasteiger partial charge >= 0.3 is 0 Å². The van der Waals surface area contributed by atoms with Crippen LogP contribution in [0.5, 0.6) is 0 Å². The molecule has 1 aromatic carbocycles. The van der Waals surface area contributed by atoms with Crippen molar-refractivity contribution in [3.05, 3.63) is 29.3 Å². The summed E-state index contributed by atoms with van der Waals surface area (Å²) in [6.07, 6.45) is 5.70. The number of hydrogen-bond donors (Lipinski definition) is 1. The Kier molecular flexibility index (Phi) is 3.84. The van der Waals surface area contributed by atoms with Crippen LogP contribution < -0.4 is 0 Å². The van der Waals surface area contributed by atoms with Crippen LogP contribution in [0.3, 0.4) is 0 Å². The molecule has 1 aliphatic carbocycles. The van der Waals surface area contributed by atoms with E-state index in [4.69, 9.17) is 0 Å². The van der Waals surface area contributed by atoms with E-state index in [2.05, 4.69) is 0 Å². The Morgan fingerprint density at radius 2 is 1.86 bits per heavy atom. The smallest absolute Gasteiger partial charge is 0.243 e. The van der Waals surface area contributed by atoms with Crippen LogP contribution in [0.15, 0.2) is 23.1 Å². The first kappa shape index (κ1) is 15.0. The molecule has 116 valence electrons. The second-order valence-corrected chi connectivity index (χ2v) is 8.51. The predicted octanol–water partition coefficient (Wildman–Crippen LogP) is 2.10. The molecular weight excluding hydrogens is 286 g/mol. The number of hydrogen-bond acceptors (Lipinski definition) is 3. The summed E-state index contributed by atoms with van der Waals surface area (Å²) in [6, 6.07) is 5.53. The molecule has 5 heteroatoms. The molecule has 1 unspecified atom stereocenters. The maximum atomic E-state index is 12.8. The fourth-order valence-corrected chi connectivity index (χ4v) is 5.05. The topological polar surface area (TPSA) is 57.6 Å². The van der Waals surface area contributed by atoms with Gasteiger partial charge in [0, 0.05) is 13.1 Å². The number of aliphatic hydroxyl groups is 1. The Balaban J connectivity index is 1.91. The van der Waals surface area contributed by atoms with Crippen LogP contribution in [-0.4, -0.2) is 36.5 Å². The zero-order chi connectivity index (χ0) is 15.1. The maximum absolute atomic E-state index is 12.8. The van der Waals surface area contributed by atoms with Crippen LogP contribution in [0.4, 0.5) is 0 Å². The Labute approximate surface area is 126 Å². The van der Waals surface area contributed by atoms with Gasteiger partial charge in [-0.25, -0.2) is 8.42 Å². The van der Waals surface area contributed by atoms with Crippen LogP contribution in [0.1, 0.15) is 43.7 Å². The summed E-state index contributed by atoms with van der Waals surface area (Å²) in [7, 11) is -3.49. The van der Waals surface area contributed by atoms with E-state index in [1.54, 1.807) is 13.0 Å². The molecule has 1 aliphatic heterocycles. The Bertz CT molecular complexity index is 637. The Morgan fingerprint density at radius 3 is 2.57 bits per heavy atom. The van der Waals surface area contributed by atoms with Crippen LogP contribution in [0.2, 0.25) is 0 Å². The summed E-state index contributed by atoms with van der Waals surface area (Å²) in [5, 5.41) is 10.1. The number of benzene rings is 1. The van der Waals surface area contributed by atoms with E-state index in [0.717, 1.165) is 19.3 Å². The quantitative estimate of drug-likeness (QED) is 0.910. The van der Waals surface area contributed by atoms with Gasteiger partial charge in [-0.1, -0.05) is 6.07 Å². The molecule has 0 saturated carbocycles. The molecule has 2 aliphatic rings. The fourth-order valence-electron chi connectivity index (χ4n) is 3.40. The van der Waals surface area contributed by atoms with Gasteiger partial charge in [0.15, 0.2) is 0 Å².